The van der Waals surface area contributed by atoms with E-state index in [0.29, 0.717) is 17.8 Å². The van der Waals surface area contributed by atoms with Crippen LogP contribution in [0, 0.1) is 0 Å². The van der Waals surface area contributed by atoms with Gasteiger partial charge in [-0.1, -0.05) is 0 Å². The van der Waals surface area contributed by atoms with Gasteiger partial charge in [-0.05, 0) is 62.3 Å². The second-order valence-corrected chi connectivity index (χ2v) is 7.04. The first kappa shape index (κ1) is 20.6. The molecular weight excluding hydrogens is 372 g/mol. The van der Waals surface area contributed by atoms with E-state index >= 15 is 0 Å². The van der Waals surface area contributed by atoms with Crippen molar-refractivity contribution in [2.24, 2.45) is 7.05 Å². The smallest absolute Gasteiger partial charge is 0.337 e. The number of esters is 1. The third-order valence-electron chi connectivity index (χ3n) is 5.13. The van der Waals surface area contributed by atoms with Crippen molar-refractivity contribution in [3.63, 3.8) is 0 Å². The van der Waals surface area contributed by atoms with E-state index in [-0.39, 0.29) is 6.04 Å². The molecule has 1 saturated heterocycles. The number of amides is 2. The van der Waals surface area contributed by atoms with Crippen molar-refractivity contribution in [3.8, 4) is 0 Å². The van der Waals surface area contributed by atoms with E-state index in [1.165, 1.54) is 19.2 Å². The first-order chi connectivity index (χ1) is 14.0. The van der Waals surface area contributed by atoms with Crippen LogP contribution >= 0.6 is 0 Å². The minimum absolute atomic E-state index is 0.0218. The summed E-state index contributed by atoms with van der Waals surface area (Å²) in [5.41, 5.74) is 1.90. The summed E-state index contributed by atoms with van der Waals surface area (Å²) >= 11 is 0. The molecule has 0 radical (unpaired) electrons. The van der Waals surface area contributed by atoms with Gasteiger partial charge in [-0.15, -0.1) is 0 Å². The molecule has 1 aliphatic heterocycles. The van der Waals surface area contributed by atoms with Crippen LogP contribution in [0.3, 0.4) is 0 Å². The standard InChI is InChI=1S/C21H26N4O4/c1-24-11-5-6-17(24)18(25-12-3-4-13-25)14-22-19(26)20(27)23-16-9-7-15(8-10-16)21(28)29-2/h5-11,18H,3-4,12-14H2,1-2H3,(H,22,26)(H,23,27). The zero-order valence-corrected chi connectivity index (χ0v) is 16.7. The molecule has 2 heterocycles. The van der Waals surface area contributed by atoms with Crippen LogP contribution in [-0.2, 0) is 21.4 Å². The number of aryl methyl sites for hydroxylation is 1. The second kappa shape index (κ2) is 9.38. The fraction of sp³-hybridized carbons (Fsp3) is 0.381. The molecule has 2 aromatic rings. The summed E-state index contributed by atoms with van der Waals surface area (Å²) in [5.74, 6) is -1.91. The van der Waals surface area contributed by atoms with E-state index in [1.807, 2.05) is 29.9 Å². The van der Waals surface area contributed by atoms with Crippen LogP contribution in [0.2, 0.25) is 0 Å². The van der Waals surface area contributed by atoms with E-state index in [2.05, 4.69) is 20.3 Å². The number of carbonyl (C=O) groups excluding carboxylic acids is 3. The molecule has 1 aromatic carbocycles. The molecule has 8 heteroatoms. The highest BCUT2D eigenvalue weighted by Gasteiger charge is 2.26. The highest BCUT2D eigenvalue weighted by molar-refractivity contribution is 6.39. The molecule has 29 heavy (non-hydrogen) atoms. The Kier molecular flexibility index (Phi) is 6.66. The highest BCUT2D eigenvalue weighted by atomic mass is 16.5. The minimum Gasteiger partial charge on any atom is -0.465 e. The summed E-state index contributed by atoms with van der Waals surface area (Å²) in [6.45, 7) is 2.31. The summed E-state index contributed by atoms with van der Waals surface area (Å²) in [6, 6.07) is 10.2. The maximum absolute atomic E-state index is 12.3. The summed E-state index contributed by atoms with van der Waals surface area (Å²) in [7, 11) is 3.28. The van der Waals surface area contributed by atoms with Gasteiger partial charge in [0.05, 0.1) is 18.7 Å². The number of hydrogen-bond acceptors (Lipinski definition) is 5. The van der Waals surface area contributed by atoms with E-state index in [9.17, 15) is 14.4 Å². The van der Waals surface area contributed by atoms with Crippen LogP contribution in [0.25, 0.3) is 0 Å². The van der Waals surface area contributed by atoms with Crippen LogP contribution < -0.4 is 10.6 Å². The lowest BCUT2D eigenvalue weighted by atomic mass is 10.1. The molecule has 1 aliphatic rings. The highest BCUT2D eigenvalue weighted by Crippen LogP contribution is 2.24. The molecule has 1 atom stereocenters. The van der Waals surface area contributed by atoms with Crippen LogP contribution in [0.15, 0.2) is 42.6 Å². The monoisotopic (exact) mass is 398 g/mol. The van der Waals surface area contributed by atoms with Gasteiger partial charge in [0.25, 0.3) is 0 Å². The van der Waals surface area contributed by atoms with E-state index in [0.717, 1.165) is 31.6 Å². The maximum atomic E-state index is 12.3. The summed E-state index contributed by atoms with van der Waals surface area (Å²) in [4.78, 5) is 38.3. The molecule has 8 nitrogen and oxygen atoms in total. The Morgan fingerprint density at radius 1 is 1.07 bits per heavy atom. The molecule has 3 rings (SSSR count). The molecule has 0 spiro atoms. The molecule has 2 N–H and O–H groups in total. The summed E-state index contributed by atoms with van der Waals surface area (Å²) in [6.07, 6.45) is 4.25. The maximum Gasteiger partial charge on any atom is 0.337 e. The van der Waals surface area contributed by atoms with E-state index < -0.39 is 17.8 Å². The number of rotatable bonds is 6. The first-order valence-electron chi connectivity index (χ1n) is 9.62. The van der Waals surface area contributed by atoms with Crippen molar-refractivity contribution in [2.75, 3.05) is 32.1 Å². The Morgan fingerprint density at radius 3 is 2.34 bits per heavy atom. The van der Waals surface area contributed by atoms with Crippen molar-refractivity contribution < 1.29 is 19.1 Å². The van der Waals surface area contributed by atoms with Crippen molar-refractivity contribution >= 4 is 23.5 Å². The number of methoxy groups -OCH3 is 1. The van der Waals surface area contributed by atoms with Crippen LogP contribution in [0.4, 0.5) is 5.69 Å². The molecule has 154 valence electrons. The van der Waals surface area contributed by atoms with Gasteiger partial charge >= 0.3 is 17.8 Å². The third kappa shape index (κ3) is 5.03. The van der Waals surface area contributed by atoms with Gasteiger partial charge in [0.15, 0.2) is 0 Å². The lowest BCUT2D eigenvalue weighted by Crippen LogP contribution is -2.41. The molecule has 1 aromatic heterocycles. The SMILES string of the molecule is COC(=O)c1ccc(NC(=O)C(=O)NCC(c2cccn2C)N2CCCC2)cc1. The molecule has 1 fully saturated rings. The number of ether oxygens (including phenoxy) is 1. The number of benzene rings is 1. The average molecular weight is 398 g/mol. The third-order valence-corrected chi connectivity index (χ3v) is 5.13. The Morgan fingerprint density at radius 2 is 1.76 bits per heavy atom. The lowest BCUT2D eigenvalue weighted by molar-refractivity contribution is -0.136. The number of anilines is 1. The zero-order valence-electron chi connectivity index (χ0n) is 16.7. The Bertz CT molecular complexity index is 869. The van der Waals surface area contributed by atoms with Gasteiger partial charge in [-0.25, -0.2) is 4.79 Å². The van der Waals surface area contributed by atoms with Gasteiger partial charge in [0.1, 0.15) is 0 Å². The molecular formula is C21H26N4O4. The van der Waals surface area contributed by atoms with E-state index in [1.54, 1.807) is 12.1 Å². The molecule has 0 bridgehead atoms. The van der Waals surface area contributed by atoms with E-state index in [4.69, 9.17) is 0 Å². The van der Waals surface area contributed by atoms with Crippen LogP contribution in [0.5, 0.6) is 0 Å². The van der Waals surface area contributed by atoms with Gasteiger partial charge in [0.2, 0.25) is 0 Å². The van der Waals surface area contributed by atoms with Gasteiger partial charge in [-0.3, -0.25) is 14.5 Å². The number of nitrogens with one attached hydrogen (secondary N) is 2. The number of hydrogen-bond donors (Lipinski definition) is 2. The normalized spacial score (nSPS) is 15.0. The predicted octanol–water partition coefficient (Wildman–Crippen LogP) is 1.70. The lowest BCUT2D eigenvalue weighted by Gasteiger charge is -2.28. The number of nitrogens with zero attached hydrogens (tertiary/aromatic N) is 2. The molecule has 2 amide bonds. The van der Waals surface area contributed by atoms with Gasteiger partial charge in [-0.2, -0.15) is 0 Å². The van der Waals surface area contributed by atoms with Crippen molar-refractivity contribution in [1.29, 1.82) is 0 Å². The quantitative estimate of drug-likeness (QED) is 0.571. The average Bonchev–Trinajstić information content (AvgIpc) is 3.40. The number of aromatic nitrogens is 1. The first-order valence-corrected chi connectivity index (χ1v) is 9.62. The van der Waals surface area contributed by atoms with Gasteiger partial charge in [0, 0.05) is 31.2 Å². The van der Waals surface area contributed by atoms with Crippen molar-refractivity contribution in [1.82, 2.24) is 14.8 Å². The molecule has 1 unspecified atom stereocenters. The van der Waals surface area contributed by atoms with Crippen LogP contribution in [0.1, 0.15) is 34.9 Å². The number of carbonyl (C=O) groups is 3. The molecule has 0 aliphatic carbocycles. The Balaban J connectivity index is 1.58. The summed E-state index contributed by atoms with van der Waals surface area (Å²) < 4.78 is 6.67. The Labute approximate surface area is 169 Å². The van der Waals surface area contributed by atoms with Crippen molar-refractivity contribution in [3.05, 3.63) is 53.9 Å². The van der Waals surface area contributed by atoms with Gasteiger partial charge < -0.3 is 19.9 Å². The number of likely N-dealkylation sites (tertiary alicyclic amines) is 1. The predicted molar refractivity (Wildman–Crippen MR) is 108 cm³/mol. The second-order valence-electron chi connectivity index (χ2n) is 7.04. The van der Waals surface area contributed by atoms with Crippen LogP contribution in [-0.4, -0.2) is 54.0 Å². The fourth-order valence-electron chi connectivity index (χ4n) is 3.56. The summed E-state index contributed by atoms with van der Waals surface area (Å²) in [5, 5.41) is 5.30. The Hall–Kier alpha value is -3.13. The minimum atomic E-state index is -0.747. The zero-order chi connectivity index (χ0) is 20.8. The largest absolute Gasteiger partial charge is 0.465 e. The topological polar surface area (TPSA) is 92.7 Å². The van der Waals surface area contributed by atoms with Crippen molar-refractivity contribution in [2.45, 2.75) is 18.9 Å². The molecule has 0 saturated carbocycles. The fourth-order valence-corrected chi connectivity index (χ4v) is 3.56.